The van der Waals surface area contributed by atoms with Gasteiger partial charge in [-0.1, -0.05) is 0 Å². The van der Waals surface area contributed by atoms with Gasteiger partial charge < -0.3 is 19.3 Å². The number of hydrogen-bond donors (Lipinski definition) is 1. The zero-order valence-electron chi connectivity index (χ0n) is 10.8. The van der Waals surface area contributed by atoms with Gasteiger partial charge in [-0.05, 0) is 26.0 Å². The molecule has 1 rings (SSSR count). The van der Waals surface area contributed by atoms with Crippen molar-refractivity contribution in [3.63, 3.8) is 0 Å². The number of rotatable bonds is 6. The highest BCUT2D eigenvalue weighted by molar-refractivity contribution is 5.77. The highest BCUT2D eigenvalue weighted by Crippen LogP contribution is 2.30. The lowest BCUT2D eigenvalue weighted by Crippen LogP contribution is -2.16. The first-order valence-corrected chi connectivity index (χ1v) is 5.79. The Kier molecular flexibility index (Phi) is 5.45. The first kappa shape index (κ1) is 14.3. The monoisotopic (exact) mass is 254 g/mol. The van der Waals surface area contributed by atoms with Crippen molar-refractivity contribution < 1.29 is 24.1 Å². The second kappa shape index (κ2) is 6.86. The van der Waals surface area contributed by atoms with Gasteiger partial charge in [-0.2, -0.15) is 0 Å². The molecule has 0 radical (unpaired) electrons. The van der Waals surface area contributed by atoms with Gasteiger partial charge in [0.15, 0.2) is 6.10 Å². The molecule has 0 heterocycles. The molecule has 0 saturated heterocycles. The van der Waals surface area contributed by atoms with Crippen LogP contribution >= 0.6 is 0 Å². The summed E-state index contributed by atoms with van der Waals surface area (Å²) in [7, 11) is 1.53. The van der Waals surface area contributed by atoms with Crippen LogP contribution in [0.25, 0.3) is 0 Å². The number of ether oxygens (including phenoxy) is 3. The lowest BCUT2D eigenvalue weighted by Gasteiger charge is -2.15. The minimum Gasteiger partial charge on any atom is -0.497 e. The molecule has 0 fully saturated rings. The molecule has 0 saturated carbocycles. The number of methoxy groups -OCH3 is 1. The maximum Gasteiger partial charge on any atom is 0.339 e. The van der Waals surface area contributed by atoms with Crippen molar-refractivity contribution in [2.75, 3.05) is 20.3 Å². The Morgan fingerprint density at radius 3 is 2.61 bits per heavy atom. The van der Waals surface area contributed by atoms with Gasteiger partial charge in [0.2, 0.25) is 0 Å². The maximum absolute atomic E-state index is 11.5. The van der Waals surface area contributed by atoms with Crippen LogP contribution in [0.15, 0.2) is 18.2 Å². The minimum atomic E-state index is -1.35. The number of hydrogen-bond acceptors (Lipinski definition) is 5. The topological polar surface area (TPSA) is 65.0 Å². The molecule has 0 aliphatic heterocycles. The van der Waals surface area contributed by atoms with E-state index in [4.69, 9.17) is 14.2 Å². The van der Waals surface area contributed by atoms with Crippen LogP contribution in [0.5, 0.6) is 11.5 Å². The molecule has 0 spiro atoms. The van der Waals surface area contributed by atoms with Crippen molar-refractivity contribution in [3.05, 3.63) is 23.8 Å². The Morgan fingerprint density at radius 1 is 1.33 bits per heavy atom. The summed E-state index contributed by atoms with van der Waals surface area (Å²) in [5.74, 6) is 0.319. The van der Waals surface area contributed by atoms with Crippen molar-refractivity contribution >= 4 is 5.97 Å². The molecule has 0 aliphatic carbocycles. The average Bonchev–Trinajstić information content (AvgIpc) is 2.38. The van der Waals surface area contributed by atoms with Crippen LogP contribution in [0.1, 0.15) is 25.5 Å². The van der Waals surface area contributed by atoms with E-state index in [2.05, 4.69) is 0 Å². The third-order valence-corrected chi connectivity index (χ3v) is 2.33. The van der Waals surface area contributed by atoms with E-state index in [1.807, 2.05) is 6.92 Å². The SMILES string of the molecule is CCOC(=O)C(O)c1ccc(OC)cc1OCC. The van der Waals surface area contributed by atoms with Crippen LogP contribution < -0.4 is 9.47 Å². The van der Waals surface area contributed by atoms with E-state index in [1.165, 1.54) is 7.11 Å². The summed E-state index contributed by atoms with van der Waals surface area (Å²) in [4.78, 5) is 11.5. The number of benzene rings is 1. The van der Waals surface area contributed by atoms with E-state index in [0.717, 1.165) is 0 Å². The van der Waals surface area contributed by atoms with E-state index in [1.54, 1.807) is 25.1 Å². The fourth-order valence-corrected chi connectivity index (χ4v) is 1.50. The summed E-state index contributed by atoms with van der Waals surface area (Å²) >= 11 is 0. The summed E-state index contributed by atoms with van der Waals surface area (Å²) in [6, 6.07) is 4.87. The number of esters is 1. The van der Waals surface area contributed by atoms with Gasteiger partial charge in [0.25, 0.3) is 0 Å². The standard InChI is InChI=1S/C13H18O5/c1-4-17-11-8-9(16-3)6-7-10(11)12(14)13(15)18-5-2/h6-8,12,14H,4-5H2,1-3H3. The second-order valence-corrected chi connectivity index (χ2v) is 3.49. The van der Waals surface area contributed by atoms with Crippen molar-refractivity contribution in [2.24, 2.45) is 0 Å². The Labute approximate surface area is 106 Å². The Balaban J connectivity index is 3.02. The predicted octanol–water partition coefficient (Wildman–Crippen LogP) is 1.69. The second-order valence-electron chi connectivity index (χ2n) is 3.49. The van der Waals surface area contributed by atoms with Crippen LogP contribution in [0.3, 0.4) is 0 Å². The molecule has 18 heavy (non-hydrogen) atoms. The molecule has 0 aliphatic rings. The summed E-state index contributed by atoms with van der Waals surface area (Å²) in [5, 5.41) is 9.90. The summed E-state index contributed by atoms with van der Waals surface area (Å²) in [6.07, 6.45) is -1.35. The van der Waals surface area contributed by atoms with Gasteiger partial charge in [0, 0.05) is 11.6 Å². The lowest BCUT2D eigenvalue weighted by atomic mass is 10.1. The Morgan fingerprint density at radius 2 is 2.06 bits per heavy atom. The van der Waals surface area contributed by atoms with E-state index in [9.17, 15) is 9.90 Å². The number of aliphatic hydroxyl groups is 1. The third kappa shape index (κ3) is 3.37. The fourth-order valence-electron chi connectivity index (χ4n) is 1.50. The summed E-state index contributed by atoms with van der Waals surface area (Å²) in [5.41, 5.74) is 0.371. The van der Waals surface area contributed by atoms with E-state index in [-0.39, 0.29) is 6.61 Å². The molecule has 0 aromatic heterocycles. The van der Waals surface area contributed by atoms with Gasteiger partial charge in [0.05, 0.1) is 20.3 Å². The molecule has 1 aromatic rings. The molecule has 0 bridgehead atoms. The maximum atomic E-state index is 11.5. The molecule has 5 heteroatoms. The largest absolute Gasteiger partial charge is 0.497 e. The first-order chi connectivity index (χ1) is 8.63. The minimum absolute atomic E-state index is 0.218. The van der Waals surface area contributed by atoms with Gasteiger partial charge in [-0.15, -0.1) is 0 Å². The number of carbonyl (C=O) groups excluding carboxylic acids is 1. The fraction of sp³-hybridized carbons (Fsp3) is 0.462. The molecular formula is C13H18O5. The van der Waals surface area contributed by atoms with Gasteiger partial charge in [-0.25, -0.2) is 4.79 Å². The third-order valence-electron chi connectivity index (χ3n) is 2.33. The Bertz CT molecular complexity index is 402. The lowest BCUT2D eigenvalue weighted by molar-refractivity contribution is -0.153. The van der Waals surface area contributed by atoms with Crippen LogP contribution in [0, 0.1) is 0 Å². The van der Waals surface area contributed by atoms with E-state index in [0.29, 0.717) is 23.7 Å². The molecule has 5 nitrogen and oxygen atoms in total. The van der Waals surface area contributed by atoms with Gasteiger partial charge in [-0.3, -0.25) is 0 Å². The molecule has 1 N–H and O–H groups in total. The predicted molar refractivity (Wildman–Crippen MR) is 65.8 cm³/mol. The first-order valence-electron chi connectivity index (χ1n) is 5.79. The van der Waals surface area contributed by atoms with E-state index < -0.39 is 12.1 Å². The highest BCUT2D eigenvalue weighted by Gasteiger charge is 2.22. The molecule has 1 atom stereocenters. The van der Waals surface area contributed by atoms with Crippen molar-refractivity contribution in [2.45, 2.75) is 20.0 Å². The normalized spacial score (nSPS) is 11.8. The quantitative estimate of drug-likeness (QED) is 0.782. The molecule has 100 valence electrons. The average molecular weight is 254 g/mol. The molecular weight excluding hydrogens is 236 g/mol. The van der Waals surface area contributed by atoms with Crippen molar-refractivity contribution in [1.29, 1.82) is 0 Å². The van der Waals surface area contributed by atoms with Crippen molar-refractivity contribution in [1.82, 2.24) is 0 Å². The van der Waals surface area contributed by atoms with Crippen LogP contribution in [-0.2, 0) is 9.53 Å². The number of carbonyl (C=O) groups is 1. The van der Waals surface area contributed by atoms with Crippen molar-refractivity contribution in [3.8, 4) is 11.5 Å². The van der Waals surface area contributed by atoms with Gasteiger partial charge >= 0.3 is 5.97 Å². The zero-order valence-corrected chi connectivity index (χ0v) is 10.8. The Hall–Kier alpha value is -1.75. The van der Waals surface area contributed by atoms with Crippen LogP contribution in [-0.4, -0.2) is 31.4 Å². The summed E-state index contributed by atoms with van der Waals surface area (Å²) < 4.78 is 15.2. The highest BCUT2D eigenvalue weighted by atomic mass is 16.5. The molecule has 0 amide bonds. The van der Waals surface area contributed by atoms with Crippen LogP contribution in [0.4, 0.5) is 0 Å². The van der Waals surface area contributed by atoms with E-state index >= 15 is 0 Å². The van der Waals surface area contributed by atoms with Crippen LogP contribution in [0.2, 0.25) is 0 Å². The zero-order chi connectivity index (χ0) is 13.5. The summed E-state index contributed by atoms with van der Waals surface area (Å²) in [6.45, 7) is 4.15. The number of aliphatic hydroxyl groups excluding tert-OH is 1. The molecule has 1 unspecified atom stereocenters. The van der Waals surface area contributed by atoms with Gasteiger partial charge in [0.1, 0.15) is 11.5 Å². The smallest absolute Gasteiger partial charge is 0.339 e. The molecule has 1 aromatic carbocycles.